The van der Waals surface area contributed by atoms with Crippen molar-refractivity contribution in [3.8, 4) is 0 Å². The van der Waals surface area contributed by atoms with Gasteiger partial charge in [0.2, 0.25) is 15.0 Å². The van der Waals surface area contributed by atoms with Gasteiger partial charge in [0.05, 0.1) is 17.6 Å². The Labute approximate surface area is 162 Å². The van der Waals surface area contributed by atoms with Crippen molar-refractivity contribution in [2.24, 2.45) is 13.0 Å². The summed E-state index contributed by atoms with van der Waals surface area (Å²) < 4.78 is 28.1. The Kier molecular flexibility index (Phi) is 5.49. The lowest BCUT2D eigenvalue weighted by molar-refractivity contribution is 0.236. The van der Waals surface area contributed by atoms with E-state index in [1.807, 2.05) is 16.3 Å². The van der Waals surface area contributed by atoms with Crippen molar-refractivity contribution in [1.29, 1.82) is 0 Å². The van der Waals surface area contributed by atoms with E-state index >= 15 is 0 Å². The summed E-state index contributed by atoms with van der Waals surface area (Å²) in [6.07, 6.45) is 5.35. The van der Waals surface area contributed by atoms with Crippen LogP contribution in [-0.2, 0) is 36.5 Å². The second-order valence-corrected chi connectivity index (χ2v) is 10.1. The van der Waals surface area contributed by atoms with Crippen molar-refractivity contribution in [2.75, 3.05) is 6.26 Å². The van der Waals surface area contributed by atoms with Gasteiger partial charge in [-0.3, -0.25) is 9.58 Å². The monoisotopic (exact) mass is 393 g/mol. The van der Waals surface area contributed by atoms with Crippen LogP contribution in [0.25, 0.3) is 0 Å². The van der Waals surface area contributed by atoms with Gasteiger partial charge in [-0.1, -0.05) is 13.8 Å². The molecule has 0 atom stereocenters. The zero-order valence-corrected chi connectivity index (χ0v) is 18.0. The number of aryl methyl sites for hydroxylation is 2. The summed E-state index contributed by atoms with van der Waals surface area (Å²) in [5.41, 5.74) is 4.48. The van der Waals surface area contributed by atoms with Gasteiger partial charge >= 0.3 is 0 Å². The Morgan fingerprint density at radius 3 is 2.41 bits per heavy atom. The summed E-state index contributed by atoms with van der Waals surface area (Å²) in [5, 5.41) is 4.71. The molecule has 0 bridgehead atoms. The predicted molar refractivity (Wildman–Crippen MR) is 105 cm³/mol. The third-order valence-corrected chi connectivity index (χ3v) is 6.22. The molecular formula is C19H31N5O2S. The topological polar surface area (TPSA) is 73.0 Å². The minimum Gasteiger partial charge on any atom is -0.317 e. The van der Waals surface area contributed by atoms with Crippen molar-refractivity contribution < 1.29 is 8.42 Å². The van der Waals surface area contributed by atoms with E-state index in [-0.39, 0.29) is 5.16 Å². The average Bonchev–Trinajstić information content (AvgIpc) is 3.27. The van der Waals surface area contributed by atoms with Crippen molar-refractivity contribution in [3.05, 3.63) is 28.8 Å². The number of hydrogen-bond acceptors (Lipinski definition) is 5. The molecule has 2 aromatic rings. The van der Waals surface area contributed by atoms with Crippen LogP contribution >= 0.6 is 0 Å². The summed E-state index contributed by atoms with van der Waals surface area (Å²) in [6, 6.07) is 0.549. The molecule has 0 spiro atoms. The highest BCUT2D eigenvalue weighted by Gasteiger charge is 2.31. The van der Waals surface area contributed by atoms with Gasteiger partial charge in [0, 0.05) is 50.2 Å². The second kappa shape index (κ2) is 7.39. The van der Waals surface area contributed by atoms with E-state index < -0.39 is 9.84 Å². The Bertz CT molecular complexity index is 922. The Morgan fingerprint density at radius 1 is 1.26 bits per heavy atom. The van der Waals surface area contributed by atoms with Crippen LogP contribution in [0.1, 0.15) is 49.3 Å². The lowest BCUT2D eigenvalue weighted by Gasteiger charge is -2.23. The highest BCUT2D eigenvalue weighted by molar-refractivity contribution is 7.90. The van der Waals surface area contributed by atoms with E-state index in [2.05, 4.69) is 42.7 Å². The van der Waals surface area contributed by atoms with E-state index in [4.69, 9.17) is 0 Å². The normalized spacial score (nSPS) is 15.3. The lowest BCUT2D eigenvalue weighted by Crippen LogP contribution is -2.27. The van der Waals surface area contributed by atoms with Crippen LogP contribution in [0, 0.1) is 19.8 Å². The number of aromatic nitrogens is 4. The number of sulfone groups is 1. The standard InChI is InChI=1S/C19H31N5O2S/c1-13(2)10-24-17(9-20-19(24)27(6,25)26)11-23(16-7-8-16)12-18-14(3)21-22(5)15(18)4/h9,13,16H,7-8,10-12H2,1-6H3. The van der Waals surface area contributed by atoms with Crippen LogP contribution in [0.2, 0.25) is 0 Å². The SMILES string of the molecule is Cc1nn(C)c(C)c1CN(Cc1cnc(S(C)(=O)=O)n1CC(C)C)C1CC1. The lowest BCUT2D eigenvalue weighted by atomic mass is 10.1. The first-order chi connectivity index (χ1) is 12.6. The first-order valence-electron chi connectivity index (χ1n) is 9.55. The Balaban J connectivity index is 1.90. The van der Waals surface area contributed by atoms with Crippen molar-refractivity contribution in [3.63, 3.8) is 0 Å². The van der Waals surface area contributed by atoms with Gasteiger partial charge in [-0.15, -0.1) is 0 Å². The third kappa shape index (κ3) is 4.43. The number of nitrogens with zero attached hydrogens (tertiary/aromatic N) is 5. The van der Waals surface area contributed by atoms with Gasteiger partial charge in [0.25, 0.3) is 0 Å². The highest BCUT2D eigenvalue weighted by Crippen LogP contribution is 2.31. The molecule has 27 heavy (non-hydrogen) atoms. The van der Waals surface area contributed by atoms with Crippen molar-refractivity contribution in [1.82, 2.24) is 24.2 Å². The number of rotatable bonds is 8. The molecule has 0 saturated heterocycles. The maximum Gasteiger partial charge on any atom is 0.227 e. The zero-order valence-electron chi connectivity index (χ0n) is 17.2. The van der Waals surface area contributed by atoms with Gasteiger partial charge in [-0.25, -0.2) is 13.4 Å². The summed E-state index contributed by atoms with van der Waals surface area (Å²) in [7, 11) is -1.37. The maximum absolute atomic E-state index is 12.2. The molecule has 0 radical (unpaired) electrons. The van der Waals surface area contributed by atoms with Crippen LogP contribution in [-0.4, -0.2) is 44.9 Å². The van der Waals surface area contributed by atoms with Gasteiger partial charge in [0.1, 0.15) is 0 Å². The van der Waals surface area contributed by atoms with E-state index in [9.17, 15) is 8.42 Å². The van der Waals surface area contributed by atoms with E-state index in [1.165, 1.54) is 30.4 Å². The maximum atomic E-state index is 12.2. The molecule has 1 aliphatic carbocycles. The van der Waals surface area contributed by atoms with Crippen molar-refractivity contribution >= 4 is 9.84 Å². The molecule has 2 heterocycles. The third-order valence-electron chi connectivity index (χ3n) is 5.23. The fourth-order valence-electron chi connectivity index (χ4n) is 3.59. The summed E-state index contributed by atoms with van der Waals surface area (Å²) in [5.74, 6) is 0.343. The molecule has 7 nitrogen and oxygen atoms in total. The minimum absolute atomic E-state index is 0.177. The highest BCUT2D eigenvalue weighted by atomic mass is 32.2. The molecule has 0 unspecified atom stereocenters. The second-order valence-electron chi connectivity index (χ2n) is 8.22. The Hall–Kier alpha value is -1.67. The molecule has 0 amide bonds. The predicted octanol–water partition coefficient (Wildman–Crippen LogP) is 2.46. The average molecular weight is 394 g/mol. The van der Waals surface area contributed by atoms with Crippen molar-refractivity contribution in [2.45, 2.75) is 71.4 Å². The fraction of sp³-hybridized carbons (Fsp3) is 0.684. The molecule has 8 heteroatoms. The van der Waals surface area contributed by atoms with E-state index in [0.29, 0.717) is 25.0 Å². The first kappa shape index (κ1) is 20.1. The zero-order chi connectivity index (χ0) is 19.9. The van der Waals surface area contributed by atoms with Gasteiger partial charge in [0.15, 0.2) is 0 Å². The molecule has 1 aliphatic rings. The molecular weight excluding hydrogens is 362 g/mol. The molecule has 0 aromatic carbocycles. The van der Waals surface area contributed by atoms with Crippen LogP contribution < -0.4 is 0 Å². The summed E-state index contributed by atoms with van der Waals surface area (Å²) in [6.45, 7) is 10.5. The number of hydrogen-bond donors (Lipinski definition) is 0. The smallest absolute Gasteiger partial charge is 0.227 e. The summed E-state index contributed by atoms with van der Waals surface area (Å²) >= 11 is 0. The quantitative estimate of drug-likeness (QED) is 0.689. The van der Waals surface area contributed by atoms with E-state index in [0.717, 1.165) is 17.9 Å². The molecule has 150 valence electrons. The largest absolute Gasteiger partial charge is 0.317 e. The minimum atomic E-state index is -3.35. The van der Waals surface area contributed by atoms with Crippen LogP contribution in [0.3, 0.4) is 0 Å². The first-order valence-corrected chi connectivity index (χ1v) is 11.4. The molecule has 3 rings (SSSR count). The van der Waals surface area contributed by atoms with Crippen LogP contribution in [0.15, 0.2) is 11.4 Å². The van der Waals surface area contributed by atoms with Crippen LogP contribution in [0.4, 0.5) is 0 Å². The Morgan fingerprint density at radius 2 is 1.93 bits per heavy atom. The molecule has 1 saturated carbocycles. The molecule has 1 fully saturated rings. The van der Waals surface area contributed by atoms with E-state index in [1.54, 1.807) is 6.20 Å². The number of imidazole rings is 1. The van der Waals surface area contributed by atoms with Crippen LogP contribution in [0.5, 0.6) is 0 Å². The molecule has 0 N–H and O–H groups in total. The van der Waals surface area contributed by atoms with Gasteiger partial charge in [-0.05, 0) is 32.6 Å². The molecule has 0 aliphatic heterocycles. The molecule has 2 aromatic heterocycles. The van der Waals surface area contributed by atoms with Gasteiger partial charge < -0.3 is 4.57 Å². The fourth-order valence-corrected chi connectivity index (χ4v) is 4.42. The van der Waals surface area contributed by atoms with Gasteiger partial charge in [-0.2, -0.15) is 5.10 Å². The summed E-state index contributed by atoms with van der Waals surface area (Å²) in [4.78, 5) is 6.69.